The fourth-order valence-electron chi connectivity index (χ4n) is 8.82. The molecule has 13 aromatic rings. The molecule has 4 heterocycles. The molecule has 5 nitrogen and oxygen atoms in total. The largest absolute Gasteiger partial charge is 0.455 e. The molecule has 4 aromatic heterocycles. The van der Waals surface area contributed by atoms with Crippen LogP contribution in [0, 0.1) is 0 Å². The first-order valence-corrected chi connectivity index (χ1v) is 18.6. The van der Waals surface area contributed by atoms with Gasteiger partial charge in [-0.2, -0.15) is 0 Å². The molecule has 0 aliphatic carbocycles. The lowest BCUT2D eigenvalue weighted by Crippen LogP contribution is -2.04. The summed E-state index contributed by atoms with van der Waals surface area (Å²) in [5.74, 6) is 0.259. The number of aromatic nitrogens is 4. The van der Waals surface area contributed by atoms with Gasteiger partial charge >= 0.3 is 0 Å². The van der Waals surface area contributed by atoms with E-state index in [1.165, 1.54) is 0 Å². The Bertz CT molecular complexity index is 4350. The van der Waals surface area contributed by atoms with E-state index in [2.05, 4.69) is 71.3 Å². The van der Waals surface area contributed by atoms with Gasteiger partial charge in [0.15, 0.2) is 0 Å². The van der Waals surface area contributed by atoms with Crippen molar-refractivity contribution in [1.29, 1.82) is 0 Å². The fraction of sp³-hybridized carbons (Fsp3) is 0. The molecule has 13 rings (SSSR count). The minimum Gasteiger partial charge on any atom is -0.455 e. The van der Waals surface area contributed by atoms with Crippen LogP contribution in [-0.4, -0.2) is 19.1 Å². The minimum atomic E-state index is -0.556. The number of furan rings is 1. The Labute approximate surface area is 337 Å². The zero-order valence-corrected chi connectivity index (χ0v) is 29.8. The van der Waals surface area contributed by atoms with Crippen LogP contribution in [0.1, 0.15) is 12.3 Å². The molecule has 0 aliphatic heterocycles. The number of hydrogen-bond donors (Lipinski definition) is 0. The van der Waals surface area contributed by atoms with E-state index in [0.29, 0.717) is 10.9 Å². The molecule has 0 aliphatic rings. The normalized spacial score (nSPS) is 14.4. The van der Waals surface area contributed by atoms with E-state index in [9.17, 15) is 2.74 Å². The first-order chi connectivity index (χ1) is 32.0. The molecule has 0 saturated carbocycles. The maximum Gasteiger partial charge on any atom is 0.235 e. The first-order valence-electron chi connectivity index (χ1n) is 23.1. The van der Waals surface area contributed by atoms with Crippen molar-refractivity contribution in [2.24, 2.45) is 0 Å². The van der Waals surface area contributed by atoms with Gasteiger partial charge in [0.25, 0.3) is 0 Å². The van der Waals surface area contributed by atoms with E-state index >= 15 is 0 Å². The van der Waals surface area contributed by atoms with Gasteiger partial charge in [-0.15, -0.1) is 0 Å². The Morgan fingerprint density at radius 3 is 2.18 bits per heavy atom. The van der Waals surface area contributed by atoms with E-state index in [-0.39, 0.29) is 56.0 Å². The summed E-state index contributed by atoms with van der Waals surface area (Å²) >= 11 is 0. The first kappa shape index (κ1) is 23.2. The van der Waals surface area contributed by atoms with Crippen molar-refractivity contribution in [1.82, 2.24) is 19.1 Å². The van der Waals surface area contributed by atoms with Crippen molar-refractivity contribution in [3.63, 3.8) is 0 Å². The van der Waals surface area contributed by atoms with Gasteiger partial charge in [-0.05, 0) is 70.7 Å². The zero-order valence-electron chi connectivity index (χ0n) is 38.8. The van der Waals surface area contributed by atoms with Crippen molar-refractivity contribution in [2.75, 3.05) is 0 Å². The Balaban J connectivity index is 1.21. The van der Waals surface area contributed by atoms with E-state index in [1.54, 1.807) is 0 Å². The molecule has 0 fully saturated rings. The SMILES string of the molecule is [2H]c1c([2H])c(-c2nc(-n3c4cc5c(cc4c4c6ccccc6ccc43)c3ccccc3n5-c3ccccc3)nc3ccccc23)c2c(oc3c4c([2H])c([2H])c([2H])c([2H])c4c([2H])c([2H])c32)c1[2H]. The van der Waals surface area contributed by atoms with Crippen LogP contribution in [0.4, 0.5) is 0 Å². The van der Waals surface area contributed by atoms with Crippen molar-refractivity contribution in [3.05, 3.63) is 182 Å². The van der Waals surface area contributed by atoms with Crippen LogP contribution in [0.25, 0.3) is 121 Å². The van der Waals surface area contributed by atoms with E-state index < -0.39 is 48.3 Å². The Morgan fingerprint density at radius 1 is 0.456 bits per heavy atom. The second-order valence-corrected chi connectivity index (χ2v) is 14.2. The van der Waals surface area contributed by atoms with Crippen LogP contribution in [0.2, 0.25) is 0 Å². The second-order valence-electron chi connectivity index (χ2n) is 14.2. The number of benzene rings is 9. The molecule has 5 heteroatoms. The predicted octanol–water partition coefficient (Wildman–Crippen LogP) is 13.7. The highest BCUT2D eigenvalue weighted by Gasteiger charge is 2.23. The highest BCUT2D eigenvalue weighted by molar-refractivity contribution is 6.25. The molecule has 0 atom stereocenters. The number of nitrogens with zero attached hydrogens (tertiary/aromatic N) is 4. The highest BCUT2D eigenvalue weighted by Crippen LogP contribution is 2.44. The minimum absolute atomic E-state index is 0.0201. The Morgan fingerprint density at radius 2 is 1.25 bits per heavy atom. The molecule has 0 bridgehead atoms. The van der Waals surface area contributed by atoms with Gasteiger partial charge < -0.3 is 8.98 Å². The topological polar surface area (TPSA) is 48.8 Å². The average Bonchev–Trinajstić information content (AvgIpc) is 4.00. The molecule has 0 saturated heterocycles. The van der Waals surface area contributed by atoms with Gasteiger partial charge in [-0.25, -0.2) is 9.97 Å². The number of para-hydroxylation sites is 3. The van der Waals surface area contributed by atoms with E-state index in [4.69, 9.17) is 24.0 Å². The third kappa shape index (κ3) is 4.23. The molecule has 0 N–H and O–H groups in total. The maximum absolute atomic E-state index is 9.57. The summed E-state index contributed by atoms with van der Waals surface area (Å²) in [6, 6.07) is 38.5. The number of fused-ring (bicyclic) bond motifs is 14. The molecular weight excluding hydrogens is 697 g/mol. The summed E-state index contributed by atoms with van der Waals surface area (Å²) in [4.78, 5) is 10.6. The smallest absolute Gasteiger partial charge is 0.235 e. The summed E-state index contributed by atoms with van der Waals surface area (Å²) < 4.78 is 91.3. The predicted molar refractivity (Wildman–Crippen MR) is 236 cm³/mol. The van der Waals surface area contributed by atoms with Crippen molar-refractivity contribution in [3.8, 4) is 22.9 Å². The average molecular weight is 736 g/mol. The van der Waals surface area contributed by atoms with Crippen LogP contribution < -0.4 is 0 Å². The van der Waals surface area contributed by atoms with Gasteiger partial charge in [0.2, 0.25) is 5.95 Å². The molecule has 9 aromatic carbocycles. The highest BCUT2D eigenvalue weighted by atomic mass is 16.3. The van der Waals surface area contributed by atoms with Gasteiger partial charge in [0.05, 0.1) is 45.6 Å². The Kier molecular flexibility index (Phi) is 4.64. The molecular formula is C52H30N4O. The van der Waals surface area contributed by atoms with E-state index in [0.717, 1.165) is 60.1 Å². The second kappa shape index (κ2) is 11.4. The third-order valence-electron chi connectivity index (χ3n) is 11.2. The molecule has 0 spiro atoms. The molecule has 57 heavy (non-hydrogen) atoms. The maximum atomic E-state index is 9.57. The van der Waals surface area contributed by atoms with Crippen LogP contribution >= 0.6 is 0 Å². The lowest BCUT2D eigenvalue weighted by Gasteiger charge is -2.13. The monoisotopic (exact) mass is 735 g/mol. The molecule has 0 unspecified atom stereocenters. The summed E-state index contributed by atoms with van der Waals surface area (Å²) in [5, 5.41) is 6.47. The van der Waals surface area contributed by atoms with E-state index in [1.807, 2.05) is 65.2 Å². The number of rotatable bonds is 3. The van der Waals surface area contributed by atoms with Crippen LogP contribution in [-0.2, 0) is 0 Å². The third-order valence-corrected chi connectivity index (χ3v) is 11.2. The summed E-state index contributed by atoms with van der Waals surface area (Å²) in [7, 11) is 0. The van der Waals surface area contributed by atoms with Crippen molar-refractivity contribution in [2.45, 2.75) is 0 Å². The zero-order chi connectivity index (χ0) is 45.0. The van der Waals surface area contributed by atoms with Gasteiger partial charge in [0, 0.05) is 54.3 Å². The summed E-state index contributed by atoms with van der Waals surface area (Å²) in [6.07, 6.45) is 0. The van der Waals surface area contributed by atoms with Gasteiger partial charge in [0.1, 0.15) is 11.2 Å². The fourth-order valence-corrected chi connectivity index (χ4v) is 8.82. The lowest BCUT2D eigenvalue weighted by atomic mass is 9.99. The number of hydrogen-bond acceptors (Lipinski definition) is 3. The molecule has 0 radical (unpaired) electrons. The summed E-state index contributed by atoms with van der Waals surface area (Å²) in [5.41, 5.74) is 5.15. The molecule has 0 amide bonds. The standard InChI is InChI=1S/C52H30N4O/c1-2-15-33(16-3-1)55-43-23-11-9-19-36(43)40-29-41-46(30-45(40)55)56(44-28-26-31-13-4-6-17-34(31)48(41)44)52-53-42-22-10-8-20-37(42)50(54-52)38-21-12-24-47-49(38)39-27-25-32-14-5-7-18-35(32)51(39)57-47/h1-30H/i5D,7D,12D,14D,18D,21D,24D,25D,27D. The van der Waals surface area contributed by atoms with Crippen molar-refractivity contribution < 1.29 is 16.8 Å². The Hall–Kier alpha value is -7.76. The molecule has 264 valence electrons. The summed E-state index contributed by atoms with van der Waals surface area (Å²) in [6.45, 7) is 0. The van der Waals surface area contributed by atoms with Gasteiger partial charge in [-0.3, -0.25) is 4.57 Å². The quantitative estimate of drug-likeness (QED) is 0.181. The lowest BCUT2D eigenvalue weighted by molar-refractivity contribution is 0.673. The van der Waals surface area contributed by atoms with Crippen LogP contribution in [0.3, 0.4) is 0 Å². The van der Waals surface area contributed by atoms with Gasteiger partial charge in [-0.1, -0.05) is 127 Å². The van der Waals surface area contributed by atoms with Crippen molar-refractivity contribution >= 4 is 98.0 Å². The van der Waals surface area contributed by atoms with Crippen LogP contribution in [0.15, 0.2) is 186 Å². The van der Waals surface area contributed by atoms with Crippen LogP contribution in [0.5, 0.6) is 0 Å².